The molecule has 5 heteroatoms. The Kier molecular flexibility index (Phi) is 10.3. The molecular weight excluding hydrogens is 853 g/mol. The first kappa shape index (κ1) is 33.2. The summed E-state index contributed by atoms with van der Waals surface area (Å²) < 4.78 is 54.2. The summed E-state index contributed by atoms with van der Waals surface area (Å²) in [6.45, 7) is 18.8. The Hall–Kier alpha value is -4.15. The van der Waals surface area contributed by atoms with Crippen molar-refractivity contribution in [3.8, 4) is 33.6 Å². The van der Waals surface area contributed by atoms with Gasteiger partial charge in [-0.05, 0) is 69.0 Å². The molecule has 281 valence electrons. The molecule has 0 fully saturated rings. The quantitative estimate of drug-likeness (QED) is 0.118. The molecule has 3 aromatic heterocycles. The Morgan fingerprint density at radius 1 is 0.833 bits per heavy atom. The van der Waals surface area contributed by atoms with Gasteiger partial charge in [-0.2, -0.15) is 0 Å². The van der Waals surface area contributed by atoms with Crippen LogP contribution < -0.4 is 5.19 Å². The molecule has 1 radical (unpaired) electrons. The van der Waals surface area contributed by atoms with Gasteiger partial charge in [-0.25, -0.2) is 0 Å². The van der Waals surface area contributed by atoms with Crippen LogP contribution in [0.15, 0.2) is 108 Å². The van der Waals surface area contributed by atoms with Gasteiger partial charge in [0, 0.05) is 46.1 Å². The Labute approximate surface area is 346 Å². The fourth-order valence-corrected chi connectivity index (χ4v) is 8.04. The molecule has 0 aliphatic heterocycles. The molecule has 4 aromatic carbocycles. The average molecular weight is 913 g/mol. The summed E-state index contributed by atoms with van der Waals surface area (Å²) in [6, 6.07) is 35.6. The molecule has 7 rings (SSSR count). The van der Waals surface area contributed by atoms with Crippen LogP contribution in [0.4, 0.5) is 0 Å². The second-order valence-corrected chi connectivity index (χ2v) is 21.4. The number of pyridine rings is 2. The summed E-state index contributed by atoms with van der Waals surface area (Å²) in [7, 11) is -1.61. The molecule has 0 saturated carbocycles. The van der Waals surface area contributed by atoms with E-state index in [4.69, 9.17) is 12.6 Å². The molecule has 0 aliphatic carbocycles. The number of aromatic nitrogens is 2. The molecule has 0 N–H and O–H groups in total. The molecule has 0 amide bonds. The second-order valence-electron chi connectivity index (χ2n) is 16.3. The molecule has 0 saturated heterocycles. The number of aryl methyl sites for hydroxylation is 1. The van der Waals surface area contributed by atoms with Gasteiger partial charge >= 0.3 is 0 Å². The van der Waals surface area contributed by atoms with Crippen molar-refractivity contribution in [2.75, 3.05) is 0 Å². The summed E-state index contributed by atoms with van der Waals surface area (Å²) >= 11 is 0. The van der Waals surface area contributed by atoms with Crippen LogP contribution in [-0.2, 0) is 31.9 Å². The standard InChI is InChI=1S/C31H30NO.C18H24NSi.Ir/c1-20(2)17-21-15-16-32-28(18-21)27-8-6-7-26-25-14-11-23(19-29(25)33-30(26)27)22-9-12-24(13-10-22)31(3,4)5;1-13(2)16-11-17(15-9-7-14(3)8-10-15)19-12-18(16)20(4,5)6;/h6-7,9-16,18-20H,17H2,1-5H3;7-9,11-13H,1-6H3;/q2*-1;/i17D2;3D3,13D;. The van der Waals surface area contributed by atoms with Crippen LogP contribution in [0.25, 0.3) is 55.6 Å². The van der Waals surface area contributed by atoms with E-state index in [9.17, 15) is 0 Å². The summed E-state index contributed by atoms with van der Waals surface area (Å²) in [5.74, 6) is -0.869. The SMILES string of the molecule is [2H]C([2H])([2H])c1c[c-]c(-c2cc(C([2H])(C)C)c([Si](C)(C)C)cn2)cc1.[2H]C([2H])(c1ccnc(-c2[c-]ccc3c2oc2cc(-c4ccc(C(C)(C)C)cc4)ccc23)c1)C(C)C.[Ir]. The number of furan rings is 1. The van der Waals surface area contributed by atoms with Crippen LogP contribution in [0.1, 0.15) is 84.8 Å². The molecule has 0 aliphatic rings. The Balaban J connectivity index is 0.000000240. The van der Waals surface area contributed by atoms with Crippen LogP contribution in [0.2, 0.25) is 19.6 Å². The van der Waals surface area contributed by atoms with Crippen molar-refractivity contribution in [2.24, 2.45) is 5.92 Å². The molecular formula is C49H54IrN2OSi-2. The van der Waals surface area contributed by atoms with E-state index in [1.807, 2.05) is 58.2 Å². The third-order valence-corrected chi connectivity index (χ3v) is 11.3. The number of hydrogen-bond donors (Lipinski definition) is 0. The van der Waals surface area contributed by atoms with Gasteiger partial charge in [0.1, 0.15) is 5.58 Å². The molecule has 0 atom stereocenters. The number of hydrogen-bond acceptors (Lipinski definition) is 3. The zero-order valence-electron chi connectivity index (χ0n) is 39.0. The van der Waals surface area contributed by atoms with E-state index >= 15 is 0 Å². The first-order valence-corrected chi connectivity index (χ1v) is 21.8. The number of nitrogens with zero attached hydrogens (tertiary/aromatic N) is 2. The molecule has 3 nitrogen and oxygen atoms in total. The fraction of sp³-hybridized carbons (Fsp3) is 0.306. The largest absolute Gasteiger partial charge is 0.501 e. The predicted octanol–water partition coefficient (Wildman–Crippen LogP) is 13.1. The van der Waals surface area contributed by atoms with Crippen molar-refractivity contribution in [3.05, 3.63) is 138 Å². The minimum Gasteiger partial charge on any atom is -0.501 e. The van der Waals surface area contributed by atoms with Crippen molar-refractivity contribution in [1.82, 2.24) is 9.97 Å². The van der Waals surface area contributed by atoms with Gasteiger partial charge in [-0.1, -0.05) is 146 Å². The molecule has 7 aromatic rings. The van der Waals surface area contributed by atoms with Crippen molar-refractivity contribution >= 4 is 35.2 Å². The van der Waals surface area contributed by atoms with Gasteiger partial charge in [0.25, 0.3) is 0 Å². The van der Waals surface area contributed by atoms with Crippen molar-refractivity contribution in [2.45, 2.75) is 92.6 Å². The molecule has 0 bridgehead atoms. The van der Waals surface area contributed by atoms with Gasteiger partial charge < -0.3 is 14.4 Å². The van der Waals surface area contributed by atoms with Crippen molar-refractivity contribution < 1.29 is 32.7 Å². The van der Waals surface area contributed by atoms with Crippen LogP contribution in [0.3, 0.4) is 0 Å². The monoisotopic (exact) mass is 913 g/mol. The van der Waals surface area contributed by atoms with Crippen LogP contribution in [-0.4, -0.2) is 18.0 Å². The van der Waals surface area contributed by atoms with Gasteiger partial charge in [-0.3, -0.25) is 0 Å². The first-order valence-electron chi connectivity index (χ1n) is 21.3. The van der Waals surface area contributed by atoms with E-state index in [1.165, 1.54) is 16.8 Å². The van der Waals surface area contributed by atoms with E-state index in [0.717, 1.165) is 55.4 Å². The summed E-state index contributed by atoms with van der Waals surface area (Å²) in [5, 5.41) is 3.23. The van der Waals surface area contributed by atoms with Gasteiger partial charge in [0.05, 0.1) is 13.7 Å². The zero-order valence-corrected chi connectivity index (χ0v) is 36.4. The smallest absolute Gasteiger partial charge is 0.121 e. The first-order chi connectivity index (χ1) is 27.4. The van der Waals surface area contributed by atoms with Crippen molar-refractivity contribution in [1.29, 1.82) is 0 Å². The second kappa shape index (κ2) is 16.7. The average Bonchev–Trinajstić information content (AvgIpc) is 3.55. The number of benzene rings is 4. The van der Waals surface area contributed by atoms with Crippen molar-refractivity contribution in [3.63, 3.8) is 0 Å². The third-order valence-electron chi connectivity index (χ3n) is 9.33. The maximum atomic E-state index is 8.49. The zero-order chi connectivity index (χ0) is 43.3. The van der Waals surface area contributed by atoms with E-state index in [1.54, 1.807) is 24.4 Å². The molecule has 54 heavy (non-hydrogen) atoms. The van der Waals surface area contributed by atoms with Gasteiger partial charge in [0.2, 0.25) is 0 Å². The molecule has 0 spiro atoms. The summed E-state index contributed by atoms with van der Waals surface area (Å²) in [5.41, 5.74) is 9.96. The fourth-order valence-electron chi connectivity index (χ4n) is 6.46. The Morgan fingerprint density at radius 2 is 1.57 bits per heavy atom. The van der Waals surface area contributed by atoms with Crippen LogP contribution >= 0.6 is 0 Å². The van der Waals surface area contributed by atoms with Crippen LogP contribution in [0.5, 0.6) is 0 Å². The topological polar surface area (TPSA) is 38.9 Å². The minimum absolute atomic E-state index is 0. The maximum absolute atomic E-state index is 8.49. The predicted molar refractivity (Wildman–Crippen MR) is 229 cm³/mol. The Bertz CT molecular complexity index is 2600. The molecule has 0 unspecified atom stereocenters. The number of rotatable bonds is 7. The third kappa shape index (κ3) is 9.37. The van der Waals surface area contributed by atoms with Crippen LogP contribution in [0, 0.1) is 24.9 Å². The molecule has 3 heterocycles. The van der Waals surface area contributed by atoms with Gasteiger partial charge in [-0.15, -0.1) is 53.6 Å². The van der Waals surface area contributed by atoms with E-state index in [0.29, 0.717) is 11.3 Å². The van der Waals surface area contributed by atoms with Gasteiger partial charge in [0.15, 0.2) is 0 Å². The summed E-state index contributed by atoms with van der Waals surface area (Å²) in [4.78, 5) is 9.10. The van der Waals surface area contributed by atoms with E-state index in [2.05, 4.69) is 105 Å². The number of fused-ring (bicyclic) bond motifs is 3. The maximum Gasteiger partial charge on any atom is 0.121 e. The Morgan fingerprint density at radius 3 is 2.20 bits per heavy atom. The minimum atomic E-state index is -2.13. The van der Waals surface area contributed by atoms with E-state index in [-0.39, 0.29) is 37.0 Å². The summed E-state index contributed by atoms with van der Waals surface area (Å²) in [6.07, 6.45) is 2.11. The normalized spacial score (nSPS) is 14.2. The van der Waals surface area contributed by atoms with E-state index < -0.39 is 27.2 Å².